The van der Waals surface area contributed by atoms with Crippen LogP contribution in [0.4, 0.5) is 11.5 Å². The number of nitrogens with zero attached hydrogens (tertiary/aromatic N) is 1. The topological polar surface area (TPSA) is 60.2 Å². The Morgan fingerprint density at radius 3 is 3.00 bits per heavy atom. The molecule has 0 saturated carbocycles. The van der Waals surface area contributed by atoms with Gasteiger partial charge in [-0.1, -0.05) is 0 Å². The number of methoxy groups -OCH3 is 1. The summed E-state index contributed by atoms with van der Waals surface area (Å²) in [5.41, 5.74) is 6.18. The first-order chi connectivity index (χ1) is 6.33. The first-order valence-corrected chi connectivity index (χ1v) is 4.27. The second-order valence-electron chi connectivity index (χ2n) is 2.75. The summed E-state index contributed by atoms with van der Waals surface area (Å²) in [6.07, 6.45) is 2.61. The van der Waals surface area contributed by atoms with E-state index in [-0.39, 0.29) is 0 Å². The third-order valence-electron chi connectivity index (χ3n) is 1.62. The summed E-state index contributed by atoms with van der Waals surface area (Å²) in [7, 11) is 1.70. The molecule has 0 aliphatic rings. The van der Waals surface area contributed by atoms with Crippen molar-refractivity contribution in [3.63, 3.8) is 0 Å². The Hall–Kier alpha value is -1.29. The van der Waals surface area contributed by atoms with Gasteiger partial charge in [-0.25, -0.2) is 4.98 Å². The Bertz CT molecular complexity index is 235. The lowest BCUT2D eigenvalue weighted by Gasteiger charge is -2.04. The number of nitrogen functional groups attached to an aromatic ring is 1. The van der Waals surface area contributed by atoms with Crippen LogP contribution < -0.4 is 11.1 Å². The Morgan fingerprint density at radius 1 is 1.54 bits per heavy atom. The average Bonchev–Trinajstić information content (AvgIpc) is 2.15. The fourth-order valence-corrected chi connectivity index (χ4v) is 0.943. The molecule has 3 N–H and O–H groups in total. The van der Waals surface area contributed by atoms with Gasteiger partial charge in [0.1, 0.15) is 5.82 Å². The van der Waals surface area contributed by atoms with Gasteiger partial charge in [-0.15, -0.1) is 0 Å². The highest BCUT2D eigenvalue weighted by atomic mass is 16.5. The number of hydrogen-bond donors (Lipinski definition) is 2. The zero-order valence-corrected chi connectivity index (χ0v) is 7.79. The molecule has 0 spiro atoms. The van der Waals surface area contributed by atoms with Crippen molar-refractivity contribution in [3.05, 3.63) is 18.3 Å². The van der Waals surface area contributed by atoms with Crippen LogP contribution in [0.5, 0.6) is 0 Å². The second-order valence-corrected chi connectivity index (χ2v) is 2.75. The predicted octanol–water partition coefficient (Wildman–Crippen LogP) is 1.11. The minimum absolute atomic E-state index is 0.683. The lowest BCUT2D eigenvalue weighted by Crippen LogP contribution is -2.05. The number of rotatable bonds is 5. The molecule has 0 saturated heterocycles. The molecular weight excluding hydrogens is 166 g/mol. The number of nitrogens with one attached hydrogen (secondary N) is 1. The summed E-state index contributed by atoms with van der Waals surface area (Å²) < 4.78 is 4.92. The van der Waals surface area contributed by atoms with Crippen molar-refractivity contribution in [2.75, 3.05) is 31.3 Å². The smallest absolute Gasteiger partial charge is 0.126 e. The molecule has 0 radical (unpaired) electrons. The third kappa shape index (κ3) is 3.75. The lowest BCUT2D eigenvalue weighted by molar-refractivity contribution is 0.198. The molecule has 0 bridgehead atoms. The molecule has 4 heteroatoms. The summed E-state index contributed by atoms with van der Waals surface area (Å²) >= 11 is 0. The fraction of sp³-hybridized carbons (Fsp3) is 0.444. The van der Waals surface area contributed by atoms with E-state index in [1.165, 1.54) is 0 Å². The van der Waals surface area contributed by atoms with E-state index in [1.54, 1.807) is 13.3 Å². The number of ether oxygens (including phenoxy) is 1. The normalized spacial score (nSPS) is 9.92. The van der Waals surface area contributed by atoms with E-state index in [2.05, 4.69) is 10.3 Å². The van der Waals surface area contributed by atoms with Crippen LogP contribution in [0.15, 0.2) is 18.3 Å². The van der Waals surface area contributed by atoms with Crippen LogP contribution in [0.3, 0.4) is 0 Å². The molecule has 0 atom stereocenters. The Kier molecular flexibility index (Phi) is 4.05. The summed E-state index contributed by atoms with van der Waals surface area (Å²) in [5, 5.41) is 3.16. The van der Waals surface area contributed by atoms with Gasteiger partial charge in [0.25, 0.3) is 0 Å². The van der Waals surface area contributed by atoms with Crippen molar-refractivity contribution in [1.82, 2.24) is 4.98 Å². The van der Waals surface area contributed by atoms with Crippen LogP contribution >= 0.6 is 0 Å². The molecule has 4 nitrogen and oxygen atoms in total. The van der Waals surface area contributed by atoms with Crippen molar-refractivity contribution in [1.29, 1.82) is 0 Å². The summed E-state index contributed by atoms with van der Waals surface area (Å²) in [6, 6.07) is 3.69. The molecule has 0 aromatic carbocycles. The molecule has 1 aromatic rings. The third-order valence-corrected chi connectivity index (χ3v) is 1.62. The molecule has 0 amide bonds. The minimum atomic E-state index is 0.683. The van der Waals surface area contributed by atoms with Crippen molar-refractivity contribution >= 4 is 11.5 Å². The van der Waals surface area contributed by atoms with E-state index >= 15 is 0 Å². The predicted molar refractivity (Wildman–Crippen MR) is 53.6 cm³/mol. The van der Waals surface area contributed by atoms with Gasteiger partial charge in [-0.2, -0.15) is 0 Å². The van der Waals surface area contributed by atoms with Crippen LogP contribution in [0.25, 0.3) is 0 Å². The molecule has 1 rings (SSSR count). The Morgan fingerprint density at radius 2 is 2.38 bits per heavy atom. The monoisotopic (exact) mass is 181 g/mol. The number of nitrogens with two attached hydrogens (primary N) is 1. The van der Waals surface area contributed by atoms with Crippen molar-refractivity contribution in [2.45, 2.75) is 6.42 Å². The lowest BCUT2D eigenvalue weighted by atomic mass is 10.4. The minimum Gasteiger partial charge on any atom is -0.397 e. The van der Waals surface area contributed by atoms with E-state index in [1.807, 2.05) is 12.1 Å². The van der Waals surface area contributed by atoms with Gasteiger partial charge < -0.3 is 15.8 Å². The van der Waals surface area contributed by atoms with Gasteiger partial charge in [-0.3, -0.25) is 0 Å². The molecular formula is C9H15N3O. The Labute approximate surface area is 78.1 Å². The van der Waals surface area contributed by atoms with E-state index < -0.39 is 0 Å². The Balaban J connectivity index is 2.25. The van der Waals surface area contributed by atoms with E-state index in [9.17, 15) is 0 Å². The van der Waals surface area contributed by atoms with Crippen LogP contribution in [0, 0.1) is 0 Å². The summed E-state index contributed by atoms with van der Waals surface area (Å²) in [6.45, 7) is 1.63. The first-order valence-electron chi connectivity index (χ1n) is 4.27. The van der Waals surface area contributed by atoms with Crippen LogP contribution in [0.2, 0.25) is 0 Å². The van der Waals surface area contributed by atoms with Gasteiger partial charge >= 0.3 is 0 Å². The number of anilines is 2. The molecule has 72 valence electrons. The summed E-state index contributed by atoms with van der Waals surface area (Å²) in [5.74, 6) is 0.852. The SMILES string of the molecule is COCCCNc1ccc(N)cn1. The van der Waals surface area contributed by atoms with Gasteiger partial charge in [0, 0.05) is 20.3 Å². The molecule has 0 aliphatic carbocycles. The highest BCUT2D eigenvalue weighted by molar-refractivity contribution is 5.43. The van der Waals surface area contributed by atoms with E-state index in [0.29, 0.717) is 5.69 Å². The van der Waals surface area contributed by atoms with Crippen molar-refractivity contribution in [2.24, 2.45) is 0 Å². The molecule has 0 aliphatic heterocycles. The molecule has 1 heterocycles. The quantitative estimate of drug-likeness (QED) is 0.668. The number of hydrogen-bond acceptors (Lipinski definition) is 4. The maximum atomic E-state index is 5.49. The largest absolute Gasteiger partial charge is 0.397 e. The highest BCUT2D eigenvalue weighted by Gasteiger charge is 1.91. The first kappa shape index (κ1) is 9.80. The zero-order valence-electron chi connectivity index (χ0n) is 7.79. The maximum Gasteiger partial charge on any atom is 0.126 e. The van der Waals surface area contributed by atoms with Gasteiger partial charge in [0.2, 0.25) is 0 Å². The average molecular weight is 181 g/mol. The van der Waals surface area contributed by atoms with Crippen molar-refractivity contribution in [3.8, 4) is 0 Å². The van der Waals surface area contributed by atoms with E-state index in [4.69, 9.17) is 10.5 Å². The summed E-state index contributed by atoms with van der Waals surface area (Å²) in [4.78, 5) is 4.10. The van der Waals surface area contributed by atoms with Crippen molar-refractivity contribution < 1.29 is 4.74 Å². The number of pyridine rings is 1. The molecule has 13 heavy (non-hydrogen) atoms. The molecule has 1 aromatic heterocycles. The zero-order chi connectivity index (χ0) is 9.52. The van der Waals surface area contributed by atoms with Crippen LogP contribution in [-0.4, -0.2) is 25.2 Å². The van der Waals surface area contributed by atoms with Crippen LogP contribution in [0.1, 0.15) is 6.42 Å². The number of aromatic nitrogens is 1. The van der Waals surface area contributed by atoms with Gasteiger partial charge in [-0.05, 0) is 18.6 Å². The van der Waals surface area contributed by atoms with Gasteiger partial charge in [0.15, 0.2) is 0 Å². The van der Waals surface area contributed by atoms with Gasteiger partial charge in [0.05, 0.1) is 11.9 Å². The highest BCUT2D eigenvalue weighted by Crippen LogP contribution is 2.05. The molecule has 0 fully saturated rings. The van der Waals surface area contributed by atoms with Crippen LogP contribution in [-0.2, 0) is 4.74 Å². The van der Waals surface area contributed by atoms with E-state index in [0.717, 1.165) is 25.4 Å². The fourth-order valence-electron chi connectivity index (χ4n) is 0.943. The standard InChI is InChI=1S/C9H15N3O/c1-13-6-2-5-11-9-4-3-8(10)7-12-9/h3-4,7H,2,5-6,10H2,1H3,(H,11,12). The second kappa shape index (κ2) is 5.37. The maximum absolute atomic E-state index is 5.49. The molecule has 0 unspecified atom stereocenters.